The van der Waals surface area contributed by atoms with Crippen molar-refractivity contribution in [1.82, 2.24) is 10.2 Å². The lowest BCUT2D eigenvalue weighted by molar-refractivity contribution is -0.115. The average molecular weight is 466 g/mol. The number of allylic oxidation sites excluding steroid dienone is 1. The van der Waals surface area contributed by atoms with Crippen molar-refractivity contribution in [2.24, 2.45) is 0 Å². The number of nitrogens with zero attached hydrogens (tertiary/aromatic N) is 2. The highest BCUT2D eigenvalue weighted by atomic mass is 16.1. The average Bonchev–Trinajstić information content (AvgIpc) is 2.92. The van der Waals surface area contributed by atoms with Gasteiger partial charge in [0.1, 0.15) is 0 Å². The molecular weight excluding hydrogens is 434 g/mol. The summed E-state index contributed by atoms with van der Waals surface area (Å²) in [5.41, 5.74) is 5.04. The molecule has 0 bridgehead atoms. The van der Waals surface area contributed by atoms with Crippen LogP contribution in [0, 0.1) is 0 Å². The SMILES string of the molecule is CNC(=O)C=Cc1ccc(C=CC(=O)c2ccc(N3CCN(Cc4ccccc4)CC3)cc2)cc1. The standard InChI is InChI=1S/C30H31N3O2/c1-31-30(35)18-12-25-9-7-24(8-10-25)11-17-29(34)27-13-15-28(16-14-27)33-21-19-32(20-22-33)23-26-5-3-2-4-6-26/h2-18H,19-23H2,1H3,(H,31,35). The van der Waals surface area contributed by atoms with Gasteiger partial charge in [0, 0.05) is 57.1 Å². The Morgan fingerprint density at radius 2 is 1.37 bits per heavy atom. The molecular formula is C30H31N3O2. The highest BCUT2D eigenvalue weighted by Gasteiger charge is 2.17. The molecule has 178 valence electrons. The molecule has 1 saturated heterocycles. The summed E-state index contributed by atoms with van der Waals surface area (Å²) in [5.74, 6) is -0.163. The predicted octanol–water partition coefficient (Wildman–Crippen LogP) is 4.66. The molecule has 35 heavy (non-hydrogen) atoms. The van der Waals surface area contributed by atoms with Crippen LogP contribution in [0.4, 0.5) is 5.69 Å². The van der Waals surface area contributed by atoms with Gasteiger partial charge in [0.15, 0.2) is 5.78 Å². The molecule has 3 aromatic rings. The van der Waals surface area contributed by atoms with Crippen LogP contribution in [0.2, 0.25) is 0 Å². The number of hydrogen-bond donors (Lipinski definition) is 1. The minimum atomic E-state index is -0.143. The van der Waals surface area contributed by atoms with Crippen molar-refractivity contribution in [1.29, 1.82) is 0 Å². The number of anilines is 1. The van der Waals surface area contributed by atoms with Gasteiger partial charge in [-0.1, -0.05) is 60.7 Å². The third-order valence-electron chi connectivity index (χ3n) is 6.18. The van der Waals surface area contributed by atoms with Crippen molar-refractivity contribution in [3.63, 3.8) is 0 Å². The first kappa shape index (κ1) is 24.2. The monoisotopic (exact) mass is 465 g/mol. The number of carbonyl (C=O) groups is 2. The van der Waals surface area contributed by atoms with Crippen molar-refractivity contribution in [2.75, 3.05) is 38.1 Å². The maximum Gasteiger partial charge on any atom is 0.243 e. The number of benzene rings is 3. The van der Waals surface area contributed by atoms with Crippen LogP contribution in [-0.2, 0) is 11.3 Å². The first-order chi connectivity index (χ1) is 17.1. The Morgan fingerprint density at radius 1 is 0.771 bits per heavy atom. The Kier molecular flexibility index (Phi) is 8.25. The molecule has 1 amide bonds. The Balaban J connectivity index is 1.28. The second-order valence-corrected chi connectivity index (χ2v) is 8.61. The fourth-order valence-electron chi connectivity index (χ4n) is 4.08. The van der Waals surface area contributed by atoms with Crippen LogP contribution in [0.5, 0.6) is 0 Å². The molecule has 1 aliphatic rings. The lowest BCUT2D eigenvalue weighted by Gasteiger charge is -2.36. The summed E-state index contributed by atoms with van der Waals surface area (Å²) in [5, 5.41) is 2.55. The number of amides is 1. The van der Waals surface area contributed by atoms with Gasteiger partial charge in [0.05, 0.1) is 0 Å². The van der Waals surface area contributed by atoms with Crippen molar-refractivity contribution in [3.8, 4) is 0 Å². The van der Waals surface area contributed by atoms with E-state index in [0.717, 1.165) is 49.5 Å². The third-order valence-corrected chi connectivity index (χ3v) is 6.18. The topological polar surface area (TPSA) is 52.7 Å². The highest BCUT2D eigenvalue weighted by molar-refractivity contribution is 6.07. The van der Waals surface area contributed by atoms with Crippen LogP contribution in [0.15, 0.2) is 91.0 Å². The fourth-order valence-corrected chi connectivity index (χ4v) is 4.08. The number of rotatable bonds is 8. The predicted molar refractivity (Wildman–Crippen MR) is 143 cm³/mol. The molecule has 5 heteroatoms. The molecule has 1 N–H and O–H groups in total. The molecule has 0 unspecified atom stereocenters. The van der Waals surface area contributed by atoms with Gasteiger partial charge >= 0.3 is 0 Å². The quantitative estimate of drug-likeness (QED) is 0.388. The largest absolute Gasteiger partial charge is 0.369 e. The summed E-state index contributed by atoms with van der Waals surface area (Å²) in [6.07, 6.45) is 6.66. The van der Waals surface area contributed by atoms with Gasteiger partial charge in [-0.3, -0.25) is 14.5 Å². The molecule has 0 aromatic heterocycles. The zero-order chi connectivity index (χ0) is 24.5. The first-order valence-corrected chi connectivity index (χ1v) is 11.9. The molecule has 0 aliphatic carbocycles. The zero-order valence-electron chi connectivity index (χ0n) is 20.1. The minimum absolute atomic E-state index is 0.0205. The molecule has 4 rings (SSSR count). The van der Waals surface area contributed by atoms with Crippen molar-refractivity contribution >= 4 is 29.5 Å². The highest BCUT2D eigenvalue weighted by Crippen LogP contribution is 2.19. The Hall–Kier alpha value is -3.96. The minimum Gasteiger partial charge on any atom is -0.369 e. The number of hydrogen-bond acceptors (Lipinski definition) is 4. The van der Waals surface area contributed by atoms with E-state index >= 15 is 0 Å². The van der Waals surface area contributed by atoms with E-state index in [1.54, 1.807) is 19.2 Å². The van der Waals surface area contributed by atoms with E-state index in [1.165, 1.54) is 11.6 Å². The summed E-state index contributed by atoms with van der Waals surface area (Å²) in [6, 6.07) is 26.2. The fraction of sp³-hybridized carbons (Fsp3) is 0.200. The van der Waals surface area contributed by atoms with Crippen LogP contribution in [0.1, 0.15) is 27.0 Å². The van der Waals surface area contributed by atoms with E-state index in [4.69, 9.17) is 0 Å². The normalized spacial score (nSPS) is 14.5. The van der Waals surface area contributed by atoms with Crippen LogP contribution in [0.25, 0.3) is 12.2 Å². The number of nitrogens with one attached hydrogen (secondary N) is 1. The smallest absolute Gasteiger partial charge is 0.243 e. The molecule has 5 nitrogen and oxygen atoms in total. The molecule has 3 aromatic carbocycles. The maximum absolute atomic E-state index is 12.6. The van der Waals surface area contributed by atoms with E-state index < -0.39 is 0 Å². The second kappa shape index (κ2) is 12.0. The van der Waals surface area contributed by atoms with Gasteiger partial charge in [0.25, 0.3) is 0 Å². The van der Waals surface area contributed by atoms with Gasteiger partial charge in [-0.25, -0.2) is 0 Å². The second-order valence-electron chi connectivity index (χ2n) is 8.61. The summed E-state index contributed by atoms with van der Waals surface area (Å²) in [7, 11) is 1.60. The molecule has 1 heterocycles. The van der Waals surface area contributed by atoms with Crippen molar-refractivity contribution in [3.05, 3.63) is 113 Å². The van der Waals surface area contributed by atoms with Crippen LogP contribution >= 0.6 is 0 Å². The molecule has 0 radical (unpaired) electrons. The van der Waals surface area contributed by atoms with Gasteiger partial charge in [-0.15, -0.1) is 0 Å². The first-order valence-electron chi connectivity index (χ1n) is 11.9. The lowest BCUT2D eigenvalue weighted by Crippen LogP contribution is -2.45. The molecule has 0 atom stereocenters. The van der Waals surface area contributed by atoms with E-state index in [0.29, 0.717) is 5.56 Å². The maximum atomic E-state index is 12.6. The Morgan fingerprint density at radius 3 is 1.97 bits per heavy atom. The molecule has 1 fully saturated rings. The van der Waals surface area contributed by atoms with Gasteiger partial charge in [-0.05, 0) is 53.1 Å². The summed E-state index contributed by atoms with van der Waals surface area (Å²) < 4.78 is 0. The number of ketones is 1. The van der Waals surface area contributed by atoms with E-state index in [-0.39, 0.29) is 11.7 Å². The summed E-state index contributed by atoms with van der Waals surface area (Å²) in [6.45, 7) is 5.00. The van der Waals surface area contributed by atoms with Crippen LogP contribution < -0.4 is 10.2 Å². The van der Waals surface area contributed by atoms with Crippen LogP contribution in [0.3, 0.4) is 0 Å². The van der Waals surface area contributed by atoms with Gasteiger partial charge < -0.3 is 10.2 Å². The Labute approximate surface area is 207 Å². The van der Waals surface area contributed by atoms with Crippen molar-refractivity contribution < 1.29 is 9.59 Å². The van der Waals surface area contributed by atoms with E-state index in [9.17, 15) is 9.59 Å². The summed E-state index contributed by atoms with van der Waals surface area (Å²) in [4.78, 5) is 28.8. The number of piperazine rings is 1. The zero-order valence-corrected chi connectivity index (χ0v) is 20.1. The molecule has 0 spiro atoms. The lowest BCUT2D eigenvalue weighted by atomic mass is 10.1. The van der Waals surface area contributed by atoms with Crippen LogP contribution in [-0.4, -0.2) is 49.8 Å². The molecule has 0 saturated carbocycles. The third kappa shape index (κ3) is 7.01. The van der Waals surface area contributed by atoms with E-state index in [1.807, 2.05) is 54.6 Å². The summed E-state index contributed by atoms with van der Waals surface area (Å²) >= 11 is 0. The van der Waals surface area contributed by atoms with Crippen molar-refractivity contribution in [2.45, 2.75) is 6.54 Å². The van der Waals surface area contributed by atoms with Gasteiger partial charge in [-0.2, -0.15) is 0 Å². The van der Waals surface area contributed by atoms with Gasteiger partial charge in [0.2, 0.25) is 5.91 Å². The van der Waals surface area contributed by atoms with E-state index in [2.05, 4.69) is 45.4 Å². The number of carbonyl (C=O) groups excluding carboxylic acids is 2. The Bertz CT molecular complexity index is 1170. The number of likely N-dealkylation sites (N-methyl/N-ethyl adjacent to an activating group) is 1. The molecule has 1 aliphatic heterocycles.